The zero-order valence-corrected chi connectivity index (χ0v) is 18.3. The highest BCUT2D eigenvalue weighted by atomic mass is 16.2. The van der Waals surface area contributed by atoms with Crippen LogP contribution in [0.3, 0.4) is 0 Å². The van der Waals surface area contributed by atoms with Gasteiger partial charge in [-0.3, -0.25) is 14.5 Å². The molecule has 5 nitrogen and oxygen atoms in total. The van der Waals surface area contributed by atoms with Gasteiger partial charge in [-0.2, -0.15) is 0 Å². The summed E-state index contributed by atoms with van der Waals surface area (Å²) >= 11 is 0. The van der Waals surface area contributed by atoms with Gasteiger partial charge in [0.05, 0.1) is 5.69 Å². The van der Waals surface area contributed by atoms with Crippen molar-refractivity contribution in [3.63, 3.8) is 0 Å². The number of imide groups is 1. The summed E-state index contributed by atoms with van der Waals surface area (Å²) in [7, 11) is 1.88. The minimum absolute atomic E-state index is 0.327. The second-order valence-corrected chi connectivity index (χ2v) is 7.33. The van der Waals surface area contributed by atoms with E-state index in [2.05, 4.69) is 10.6 Å². The Morgan fingerprint density at radius 1 is 0.903 bits per heavy atom. The molecule has 5 heteroatoms. The molecule has 2 amide bonds. The average Bonchev–Trinajstić information content (AvgIpc) is 2.78. The molecule has 0 aliphatic heterocycles. The number of nitrogens with one attached hydrogen (secondary N) is 2. The summed E-state index contributed by atoms with van der Waals surface area (Å²) in [6, 6.07) is 23.8. The van der Waals surface area contributed by atoms with Crippen LogP contribution in [0.5, 0.6) is 0 Å². The molecule has 0 spiro atoms. The number of hydrogen-bond donors (Lipinski definition) is 2. The van der Waals surface area contributed by atoms with Gasteiger partial charge in [0.25, 0.3) is 0 Å². The second kappa shape index (κ2) is 9.76. The zero-order valence-electron chi connectivity index (χ0n) is 18.3. The molecule has 3 aromatic carbocycles. The first-order valence-corrected chi connectivity index (χ1v) is 10.1. The van der Waals surface area contributed by atoms with Crippen molar-refractivity contribution >= 4 is 40.6 Å². The Morgan fingerprint density at radius 2 is 1.55 bits per heavy atom. The number of hydrogen-bond acceptors (Lipinski definition) is 4. The van der Waals surface area contributed by atoms with E-state index in [9.17, 15) is 9.59 Å². The van der Waals surface area contributed by atoms with Crippen molar-refractivity contribution in [2.24, 2.45) is 0 Å². The Hall–Kier alpha value is -3.86. The summed E-state index contributed by atoms with van der Waals surface area (Å²) < 4.78 is 0. The van der Waals surface area contributed by atoms with E-state index in [0.717, 1.165) is 44.2 Å². The van der Waals surface area contributed by atoms with Crippen LogP contribution in [0.15, 0.2) is 72.8 Å². The van der Waals surface area contributed by atoms with Crippen molar-refractivity contribution in [1.29, 1.82) is 0 Å². The number of carbonyl (C=O) groups excluding carboxylic acids is 2. The van der Waals surface area contributed by atoms with Crippen LogP contribution in [0.4, 0.5) is 17.1 Å². The maximum atomic E-state index is 12.1. The highest BCUT2D eigenvalue weighted by Crippen LogP contribution is 2.34. The Balaban J connectivity index is 2.18. The summed E-state index contributed by atoms with van der Waals surface area (Å²) in [5.41, 5.74) is 7.14. The maximum Gasteiger partial charge on any atom is 0.230 e. The summed E-state index contributed by atoms with van der Waals surface area (Å²) in [6.07, 6.45) is 0.569. The molecule has 0 unspecified atom stereocenters. The number of rotatable bonds is 7. The van der Waals surface area contributed by atoms with Crippen LogP contribution < -0.4 is 15.5 Å². The molecule has 0 saturated carbocycles. The first-order chi connectivity index (χ1) is 14.9. The largest absolute Gasteiger partial charge is 0.388 e. The SMILES string of the molecule is CNc1ccc(N/C(=C(\C)c2ccc(C)cc2N(C=O)C(C)=O)c2ccccc2)cc1. The van der Waals surface area contributed by atoms with E-state index >= 15 is 0 Å². The van der Waals surface area contributed by atoms with Gasteiger partial charge in [0, 0.05) is 36.6 Å². The van der Waals surface area contributed by atoms with Crippen molar-refractivity contribution in [3.8, 4) is 0 Å². The number of amides is 2. The summed E-state index contributed by atoms with van der Waals surface area (Å²) in [6.45, 7) is 5.32. The molecular weight excluding hydrogens is 386 g/mol. The van der Waals surface area contributed by atoms with E-state index in [1.54, 1.807) is 0 Å². The lowest BCUT2D eigenvalue weighted by Gasteiger charge is -2.22. The van der Waals surface area contributed by atoms with Gasteiger partial charge in [-0.1, -0.05) is 42.5 Å². The predicted molar refractivity (Wildman–Crippen MR) is 129 cm³/mol. The zero-order chi connectivity index (χ0) is 22.4. The third-order valence-electron chi connectivity index (χ3n) is 5.14. The molecular formula is C26H27N3O2. The standard InChI is InChI=1S/C26H27N3O2/c1-18-10-15-24(25(16-18)29(17-30)20(3)31)19(2)26(21-8-6-5-7-9-21)28-23-13-11-22(27-4)12-14-23/h5-17,27-28H,1-4H3/b26-19+. The second-order valence-electron chi connectivity index (χ2n) is 7.33. The van der Waals surface area contributed by atoms with Crippen LogP contribution in [0.2, 0.25) is 0 Å². The minimum Gasteiger partial charge on any atom is -0.388 e. The quantitative estimate of drug-likeness (QED) is 0.394. The summed E-state index contributed by atoms with van der Waals surface area (Å²) in [5.74, 6) is -0.327. The lowest BCUT2D eigenvalue weighted by Crippen LogP contribution is -2.27. The highest BCUT2D eigenvalue weighted by Gasteiger charge is 2.18. The molecule has 0 bridgehead atoms. The highest BCUT2D eigenvalue weighted by molar-refractivity contribution is 6.09. The van der Waals surface area contributed by atoms with Gasteiger partial charge < -0.3 is 10.6 Å². The molecule has 3 rings (SSSR count). The minimum atomic E-state index is -0.327. The Kier molecular flexibility index (Phi) is 6.88. The molecule has 158 valence electrons. The number of nitrogens with zero attached hydrogens (tertiary/aromatic N) is 1. The molecule has 31 heavy (non-hydrogen) atoms. The van der Waals surface area contributed by atoms with Crippen LogP contribution >= 0.6 is 0 Å². The van der Waals surface area contributed by atoms with Crippen LogP contribution in [0.1, 0.15) is 30.5 Å². The summed E-state index contributed by atoms with van der Waals surface area (Å²) in [4.78, 5) is 25.0. The smallest absolute Gasteiger partial charge is 0.230 e. The molecule has 0 aliphatic rings. The van der Waals surface area contributed by atoms with E-state index in [1.807, 2.05) is 93.7 Å². The molecule has 0 aromatic heterocycles. The third-order valence-corrected chi connectivity index (χ3v) is 5.14. The predicted octanol–water partition coefficient (Wildman–Crippen LogP) is 5.55. The van der Waals surface area contributed by atoms with Crippen molar-refractivity contribution in [2.75, 3.05) is 22.6 Å². The van der Waals surface area contributed by atoms with Gasteiger partial charge in [-0.25, -0.2) is 0 Å². The maximum absolute atomic E-state index is 12.1. The summed E-state index contributed by atoms with van der Waals surface area (Å²) in [5, 5.41) is 6.65. The number of aryl methyl sites for hydroxylation is 1. The van der Waals surface area contributed by atoms with E-state index in [-0.39, 0.29) is 5.91 Å². The molecule has 0 aliphatic carbocycles. The number of allylic oxidation sites excluding steroid dienone is 1. The van der Waals surface area contributed by atoms with Gasteiger partial charge in [0.1, 0.15) is 0 Å². The van der Waals surface area contributed by atoms with Crippen molar-refractivity contribution < 1.29 is 9.59 Å². The van der Waals surface area contributed by atoms with Gasteiger partial charge >= 0.3 is 0 Å². The van der Waals surface area contributed by atoms with Crippen LogP contribution in [0.25, 0.3) is 11.3 Å². The third kappa shape index (κ3) is 5.01. The first kappa shape index (κ1) is 21.8. The van der Waals surface area contributed by atoms with Gasteiger partial charge in [0.15, 0.2) is 0 Å². The fraction of sp³-hybridized carbons (Fsp3) is 0.154. The number of carbonyl (C=O) groups is 2. The topological polar surface area (TPSA) is 61.4 Å². The van der Waals surface area contributed by atoms with Gasteiger partial charge in [0.2, 0.25) is 12.3 Å². The lowest BCUT2D eigenvalue weighted by atomic mass is 9.97. The number of benzene rings is 3. The molecule has 0 atom stereocenters. The van der Waals surface area contributed by atoms with E-state index < -0.39 is 0 Å². The van der Waals surface area contributed by atoms with Crippen LogP contribution in [0, 0.1) is 6.92 Å². The normalized spacial score (nSPS) is 11.4. The average molecular weight is 414 g/mol. The van der Waals surface area contributed by atoms with Crippen molar-refractivity contribution in [2.45, 2.75) is 20.8 Å². The Bertz CT molecular complexity index is 1100. The van der Waals surface area contributed by atoms with E-state index in [0.29, 0.717) is 12.1 Å². The fourth-order valence-corrected chi connectivity index (χ4v) is 3.45. The molecule has 3 aromatic rings. The fourth-order valence-electron chi connectivity index (χ4n) is 3.45. The van der Waals surface area contributed by atoms with Gasteiger partial charge in [-0.15, -0.1) is 0 Å². The van der Waals surface area contributed by atoms with Crippen molar-refractivity contribution in [1.82, 2.24) is 0 Å². The molecule has 2 N–H and O–H groups in total. The molecule has 0 heterocycles. The number of anilines is 3. The first-order valence-electron chi connectivity index (χ1n) is 10.1. The Labute approximate surface area is 183 Å². The Morgan fingerprint density at radius 3 is 2.13 bits per heavy atom. The van der Waals surface area contributed by atoms with E-state index in [1.165, 1.54) is 6.92 Å². The molecule has 0 radical (unpaired) electrons. The van der Waals surface area contributed by atoms with Crippen LogP contribution in [-0.4, -0.2) is 19.4 Å². The van der Waals surface area contributed by atoms with E-state index in [4.69, 9.17) is 0 Å². The van der Waals surface area contributed by atoms with Crippen LogP contribution in [-0.2, 0) is 9.59 Å². The molecule has 0 saturated heterocycles. The van der Waals surface area contributed by atoms with Crippen molar-refractivity contribution in [3.05, 3.63) is 89.5 Å². The van der Waals surface area contributed by atoms with Gasteiger partial charge in [-0.05, 0) is 60.9 Å². The molecule has 0 fully saturated rings. The lowest BCUT2D eigenvalue weighted by molar-refractivity contribution is -0.120. The monoisotopic (exact) mass is 413 g/mol.